The van der Waals surface area contributed by atoms with Gasteiger partial charge in [0.05, 0.1) is 4.90 Å². The summed E-state index contributed by atoms with van der Waals surface area (Å²) in [5, 5.41) is 0.391. The molecule has 134 valence electrons. The molecule has 0 bridgehead atoms. The molecule has 1 aromatic carbocycles. The SMILES string of the molecule is CSCC[C@@H](NS(=O)(=O)c1ccc(Cl)cc1)C(=O)O[C@@H](C)C(N)=O. The minimum absolute atomic E-state index is 0.0307. The van der Waals surface area contributed by atoms with Crippen LogP contribution in [0.25, 0.3) is 0 Å². The minimum atomic E-state index is -3.94. The van der Waals surface area contributed by atoms with E-state index < -0.39 is 34.0 Å². The number of benzene rings is 1. The fraction of sp³-hybridized carbons (Fsp3) is 0.429. The van der Waals surface area contributed by atoms with Crippen LogP contribution in [-0.2, 0) is 24.3 Å². The number of rotatable bonds is 9. The van der Waals surface area contributed by atoms with E-state index in [4.69, 9.17) is 22.1 Å². The Bertz CT molecular complexity index is 679. The lowest BCUT2D eigenvalue weighted by molar-refractivity contribution is -0.155. The van der Waals surface area contributed by atoms with E-state index in [9.17, 15) is 18.0 Å². The Balaban J connectivity index is 2.93. The molecule has 1 rings (SSSR count). The predicted molar refractivity (Wildman–Crippen MR) is 93.3 cm³/mol. The van der Waals surface area contributed by atoms with Crippen LogP contribution < -0.4 is 10.5 Å². The summed E-state index contributed by atoms with van der Waals surface area (Å²) in [5.41, 5.74) is 5.05. The molecule has 7 nitrogen and oxygen atoms in total. The van der Waals surface area contributed by atoms with Crippen LogP contribution in [0.3, 0.4) is 0 Å². The molecule has 0 heterocycles. The lowest BCUT2D eigenvalue weighted by Gasteiger charge is -2.19. The van der Waals surface area contributed by atoms with Crippen LogP contribution in [0.1, 0.15) is 13.3 Å². The number of ether oxygens (including phenoxy) is 1. The van der Waals surface area contributed by atoms with Crippen LogP contribution in [0.15, 0.2) is 29.2 Å². The lowest BCUT2D eigenvalue weighted by atomic mass is 10.2. The van der Waals surface area contributed by atoms with Crippen LogP contribution >= 0.6 is 23.4 Å². The monoisotopic (exact) mass is 394 g/mol. The average Bonchev–Trinajstić information content (AvgIpc) is 2.51. The van der Waals surface area contributed by atoms with Gasteiger partial charge < -0.3 is 10.5 Å². The van der Waals surface area contributed by atoms with Gasteiger partial charge in [0.15, 0.2) is 6.10 Å². The van der Waals surface area contributed by atoms with Crippen molar-refractivity contribution in [2.75, 3.05) is 12.0 Å². The summed E-state index contributed by atoms with van der Waals surface area (Å²) in [6.45, 7) is 1.32. The maximum absolute atomic E-state index is 12.4. The molecule has 0 unspecified atom stereocenters. The number of esters is 1. The normalized spacial score (nSPS) is 14.0. The highest BCUT2D eigenvalue weighted by atomic mass is 35.5. The number of nitrogens with one attached hydrogen (secondary N) is 1. The summed E-state index contributed by atoms with van der Waals surface area (Å²) in [6, 6.07) is 4.39. The second-order valence-corrected chi connectivity index (χ2v) is 8.03. The first-order chi connectivity index (χ1) is 11.2. The van der Waals surface area contributed by atoms with E-state index in [-0.39, 0.29) is 11.3 Å². The van der Waals surface area contributed by atoms with Crippen molar-refractivity contribution in [2.24, 2.45) is 5.73 Å². The molecule has 10 heteroatoms. The molecule has 1 aromatic rings. The summed E-state index contributed by atoms with van der Waals surface area (Å²) in [5.74, 6) is -1.14. The van der Waals surface area contributed by atoms with Gasteiger partial charge in [-0.2, -0.15) is 16.5 Å². The van der Waals surface area contributed by atoms with Crippen LogP contribution in [0, 0.1) is 0 Å². The Labute approximate surface area is 150 Å². The fourth-order valence-corrected chi connectivity index (χ4v) is 3.46. The molecule has 0 aliphatic rings. The van der Waals surface area contributed by atoms with E-state index in [2.05, 4.69) is 4.72 Å². The molecule has 3 N–H and O–H groups in total. The average molecular weight is 395 g/mol. The van der Waals surface area contributed by atoms with Gasteiger partial charge in [-0.3, -0.25) is 9.59 Å². The van der Waals surface area contributed by atoms with Crippen LogP contribution in [0.2, 0.25) is 5.02 Å². The van der Waals surface area contributed by atoms with Crippen molar-refractivity contribution in [3.8, 4) is 0 Å². The standard InChI is InChI=1S/C14H19ClN2O5S2/c1-9(13(16)18)22-14(19)12(7-8-23-2)17-24(20,21)11-5-3-10(15)4-6-11/h3-6,9,12,17H,7-8H2,1-2H3,(H2,16,18)/t9-,12+/m0/s1. The van der Waals surface area contributed by atoms with E-state index >= 15 is 0 Å². The molecule has 24 heavy (non-hydrogen) atoms. The number of carbonyl (C=O) groups is 2. The molecular formula is C14H19ClN2O5S2. The number of halogens is 1. The quantitative estimate of drug-likeness (QED) is 0.607. The molecule has 0 saturated carbocycles. The third-order valence-corrected chi connectivity index (χ3v) is 5.39. The van der Waals surface area contributed by atoms with Gasteiger partial charge >= 0.3 is 5.97 Å². The van der Waals surface area contributed by atoms with Crippen LogP contribution in [0.5, 0.6) is 0 Å². The summed E-state index contributed by atoms with van der Waals surface area (Å²) in [4.78, 5) is 23.1. The van der Waals surface area contributed by atoms with Crippen molar-refractivity contribution in [3.63, 3.8) is 0 Å². The summed E-state index contributed by atoms with van der Waals surface area (Å²) in [7, 11) is -3.94. The highest BCUT2D eigenvalue weighted by Gasteiger charge is 2.28. The number of hydrogen-bond acceptors (Lipinski definition) is 6. The number of nitrogens with two attached hydrogens (primary N) is 1. The molecule has 0 aliphatic heterocycles. The Morgan fingerprint density at radius 2 is 1.92 bits per heavy atom. The Hall–Kier alpha value is -1.29. The zero-order valence-corrected chi connectivity index (χ0v) is 15.6. The second-order valence-electron chi connectivity index (χ2n) is 4.89. The number of sulfonamides is 1. The summed E-state index contributed by atoms with van der Waals surface area (Å²) < 4.78 is 32.0. The van der Waals surface area contributed by atoms with E-state index in [1.807, 2.05) is 6.26 Å². The largest absolute Gasteiger partial charge is 0.451 e. The first-order valence-corrected chi connectivity index (χ1v) is 10.2. The number of primary amides is 1. The van der Waals surface area contributed by atoms with E-state index in [0.29, 0.717) is 10.8 Å². The molecule has 2 atom stereocenters. The topological polar surface area (TPSA) is 116 Å². The van der Waals surface area contributed by atoms with E-state index in [1.54, 1.807) is 0 Å². The Morgan fingerprint density at radius 3 is 2.42 bits per heavy atom. The van der Waals surface area contributed by atoms with E-state index in [1.165, 1.54) is 43.0 Å². The van der Waals surface area contributed by atoms with Crippen molar-refractivity contribution >= 4 is 45.3 Å². The molecule has 0 aliphatic carbocycles. The summed E-state index contributed by atoms with van der Waals surface area (Å²) in [6.07, 6.45) is 0.884. The van der Waals surface area contributed by atoms with Gasteiger partial charge in [-0.05, 0) is 49.6 Å². The second kappa shape index (κ2) is 9.26. The van der Waals surface area contributed by atoms with Crippen molar-refractivity contribution < 1.29 is 22.7 Å². The molecule has 1 amide bonds. The van der Waals surface area contributed by atoms with Crippen molar-refractivity contribution in [1.82, 2.24) is 4.72 Å². The van der Waals surface area contributed by atoms with Gasteiger partial charge in [-0.15, -0.1) is 0 Å². The molecule has 0 fully saturated rings. The number of carbonyl (C=O) groups excluding carboxylic acids is 2. The van der Waals surface area contributed by atoms with E-state index in [0.717, 1.165) is 0 Å². The van der Waals surface area contributed by atoms with Crippen molar-refractivity contribution in [2.45, 2.75) is 30.4 Å². The third kappa shape index (κ3) is 6.31. The van der Waals surface area contributed by atoms with Gasteiger partial charge in [0.25, 0.3) is 5.91 Å². The molecule has 0 radical (unpaired) electrons. The Morgan fingerprint density at radius 1 is 1.33 bits per heavy atom. The first-order valence-electron chi connectivity index (χ1n) is 6.94. The molecule has 0 aromatic heterocycles. The number of hydrogen-bond donors (Lipinski definition) is 2. The maximum atomic E-state index is 12.4. The van der Waals surface area contributed by atoms with Gasteiger partial charge in [-0.1, -0.05) is 11.6 Å². The third-order valence-electron chi connectivity index (χ3n) is 3.01. The van der Waals surface area contributed by atoms with Gasteiger partial charge in [-0.25, -0.2) is 8.42 Å². The van der Waals surface area contributed by atoms with Crippen LogP contribution in [0.4, 0.5) is 0 Å². The van der Waals surface area contributed by atoms with Gasteiger partial charge in [0.2, 0.25) is 10.0 Å². The van der Waals surface area contributed by atoms with Gasteiger partial charge in [0.1, 0.15) is 6.04 Å². The highest BCUT2D eigenvalue weighted by molar-refractivity contribution is 7.98. The van der Waals surface area contributed by atoms with Crippen molar-refractivity contribution in [3.05, 3.63) is 29.3 Å². The Kier molecular flexibility index (Phi) is 8.01. The van der Waals surface area contributed by atoms with Gasteiger partial charge in [0, 0.05) is 5.02 Å². The fourth-order valence-electron chi connectivity index (χ4n) is 1.64. The molecule has 0 spiro atoms. The minimum Gasteiger partial charge on any atom is -0.451 e. The molecule has 0 saturated heterocycles. The van der Waals surface area contributed by atoms with Crippen LogP contribution in [-0.4, -0.2) is 44.4 Å². The number of amides is 1. The predicted octanol–water partition coefficient (Wildman–Crippen LogP) is 1.16. The maximum Gasteiger partial charge on any atom is 0.324 e. The van der Waals surface area contributed by atoms with Crippen molar-refractivity contribution in [1.29, 1.82) is 0 Å². The zero-order chi connectivity index (χ0) is 18.3. The lowest BCUT2D eigenvalue weighted by Crippen LogP contribution is -2.44. The smallest absolute Gasteiger partial charge is 0.324 e. The zero-order valence-electron chi connectivity index (χ0n) is 13.2. The first kappa shape index (κ1) is 20.8. The number of thioether (sulfide) groups is 1. The summed E-state index contributed by atoms with van der Waals surface area (Å²) >= 11 is 7.18. The molecular weight excluding hydrogens is 376 g/mol. The highest BCUT2D eigenvalue weighted by Crippen LogP contribution is 2.15.